The van der Waals surface area contributed by atoms with Gasteiger partial charge in [-0.25, -0.2) is 13.2 Å². The Hall–Kier alpha value is -2.60. The molecule has 1 saturated heterocycles. The van der Waals surface area contributed by atoms with E-state index in [1.807, 2.05) is 6.07 Å². The number of hydrogen-bond donors (Lipinski definition) is 1. The van der Waals surface area contributed by atoms with Gasteiger partial charge < -0.3 is 9.84 Å². The van der Waals surface area contributed by atoms with E-state index in [9.17, 15) is 23.1 Å². The van der Waals surface area contributed by atoms with Crippen LogP contribution in [0.15, 0.2) is 24.3 Å². The summed E-state index contributed by atoms with van der Waals surface area (Å²) in [6.45, 7) is 1.16. The number of nitriles is 1. The van der Waals surface area contributed by atoms with Gasteiger partial charge in [-0.15, -0.1) is 0 Å². The Morgan fingerprint density at radius 2 is 2.04 bits per heavy atom. The highest BCUT2D eigenvalue weighted by Crippen LogP contribution is 2.30. The zero-order valence-electron chi connectivity index (χ0n) is 13.8. The molecule has 1 aromatic rings. The Kier molecular flexibility index (Phi) is 5.04. The van der Waals surface area contributed by atoms with Crippen molar-refractivity contribution in [3.8, 4) is 6.07 Å². The smallest absolute Gasteiger partial charge is 0.414 e. The first-order chi connectivity index (χ1) is 11.6. The number of hydrogen-bond acceptors (Lipinski definition) is 6. The van der Waals surface area contributed by atoms with Gasteiger partial charge in [0.25, 0.3) is 0 Å². The molecule has 1 fully saturated rings. The molecule has 0 saturated carbocycles. The highest BCUT2D eigenvalue weighted by molar-refractivity contribution is 7.92. The van der Waals surface area contributed by atoms with Gasteiger partial charge in [0.1, 0.15) is 6.10 Å². The summed E-state index contributed by atoms with van der Waals surface area (Å²) in [6, 6.07) is 8.74. The molecule has 0 spiro atoms. The minimum Gasteiger partial charge on any atom is -0.480 e. The fourth-order valence-corrected chi connectivity index (χ4v) is 3.36. The van der Waals surface area contributed by atoms with E-state index in [1.165, 1.54) is 4.90 Å². The lowest BCUT2D eigenvalue weighted by Crippen LogP contribution is -2.46. The van der Waals surface area contributed by atoms with Gasteiger partial charge in [-0.1, -0.05) is 12.1 Å². The third kappa shape index (κ3) is 3.74. The molecule has 2 unspecified atom stereocenters. The quantitative estimate of drug-likeness (QED) is 0.805. The summed E-state index contributed by atoms with van der Waals surface area (Å²) < 4.78 is 26.8. The maximum atomic E-state index is 12.1. The van der Waals surface area contributed by atoms with E-state index >= 15 is 0 Å². The van der Waals surface area contributed by atoms with Gasteiger partial charge in [0, 0.05) is 18.4 Å². The van der Waals surface area contributed by atoms with E-state index < -0.39 is 32.8 Å². The number of amides is 1. The number of anilines is 1. The summed E-state index contributed by atoms with van der Waals surface area (Å²) in [5.41, 5.74) is 1.33. The van der Waals surface area contributed by atoms with Gasteiger partial charge in [0.2, 0.25) is 0 Å². The number of benzene rings is 1. The van der Waals surface area contributed by atoms with Gasteiger partial charge in [0.05, 0.1) is 19.0 Å². The first-order valence-corrected chi connectivity index (χ1v) is 9.34. The molecule has 134 valence electrons. The molecule has 0 aliphatic carbocycles. The van der Waals surface area contributed by atoms with Crippen molar-refractivity contribution < 1.29 is 27.9 Å². The minimum absolute atomic E-state index is 0.0504. The third-order valence-corrected chi connectivity index (χ3v) is 6.27. The molecule has 0 radical (unpaired) electrons. The number of cyclic esters (lactones) is 1. The number of carbonyl (C=O) groups is 2. The molecule has 1 amide bonds. The van der Waals surface area contributed by atoms with Crippen LogP contribution < -0.4 is 4.90 Å². The highest BCUT2D eigenvalue weighted by atomic mass is 32.2. The van der Waals surface area contributed by atoms with Crippen LogP contribution in [0.2, 0.25) is 0 Å². The van der Waals surface area contributed by atoms with Crippen LogP contribution in [0.1, 0.15) is 18.9 Å². The molecule has 8 nitrogen and oxygen atoms in total. The van der Waals surface area contributed by atoms with Crippen molar-refractivity contribution in [1.29, 1.82) is 5.26 Å². The number of ether oxygens (including phenoxy) is 1. The number of carboxylic acids is 1. The Morgan fingerprint density at radius 3 is 2.52 bits per heavy atom. The van der Waals surface area contributed by atoms with Crippen molar-refractivity contribution in [2.75, 3.05) is 17.7 Å². The van der Waals surface area contributed by atoms with E-state index in [-0.39, 0.29) is 19.4 Å². The number of sulfone groups is 1. The van der Waals surface area contributed by atoms with Gasteiger partial charge in [0.15, 0.2) is 14.6 Å². The monoisotopic (exact) mass is 366 g/mol. The van der Waals surface area contributed by atoms with Gasteiger partial charge in [-0.3, -0.25) is 9.69 Å². The van der Waals surface area contributed by atoms with Crippen molar-refractivity contribution in [2.45, 2.75) is 30.6 Å². The Balaban J connectivity index is 2.17. The van der Waals surface area contributed by atoms with Gasteiger partial charge in [-0.05, 0) is 24.6 Å². The first-order valence-electron chi connectivity index (χ1n) is 7.45. The molecule has 9 heteroatoms. The summed E-state index contributed by atoms with van der Waals surface area (Å²) in [6.07, 6.45) is -0.764. The third-order valence-electron chi connectivity index (χ3n) is 4.29. The molecule has 1 aromatic carbocycles. The normalized spacial score (nSPS) is 19.8. The first kappa shape index (κ1) is 18.7. The van der Waals surface area contributed by atoms with E-state index in [1.54, 1.807) is 24.3 Å². The molecule has 1 aliphatic heterocycles. The van der Waals surface area contributed by atoms with Gasteiger partial charge >= 0.3 is 12.1 Å². The summed E-state index contributed by atoms with van der Waals surface area (Å²) in [5, 5.41) is 18.0. The van der Waals surface area contributed by atoms with Crippen LogP contribution in [0.25, 0.3) is 0 Å². The lowest BCUT2D eigenvalue weighted by atomic mass is 10.0. The fourth-order valence-electron chi connectivity index (χ4n) is 2.56. The standard InChI is InChI=1S/C16H18N2O6S/c1-16(14(19)20,25(2,22)23)9-13-10-18(15(21)24-13)12-5-3-11(4-6-12)7-8-17/h3-6,13H,7,9-10H2,1-2H3,(H,19,20). The topological polar surface area (TPSA) is 125 Å². The Labute approximate surface area is 145 Å². The predicted molar refractivity (Wildman–Crippen MR) is 88.9 cm³/mol. The zero-order chi connectivity index (χ0) is 18.8. The number of rotatable bonds is 6. The van der Waals surface area contributed by atoms with Crippen LogP contribution in [-0.2, 0) is 25.8 Å². The van der Waals surface area contributed by atoms with Crippen LogP contribution in [0.4, 0.5) is 10.5 Å². The van der Waals surface area contributed by atoms with E-state index in [4.69, 9.17) is 10.00 Å². The zero-order valence-corrected chi connectivity index (χ0v) is 14.6. The molecule has 0 aromatic heterocycles. The van der Waals surface area contributed by atoms with E-state index in [0.29, 0.717) is 5.69 Å². The molecular formula is C16H18N2O6S. The number of carbonyl (C=O) groups excluding carboxylic acids is 1. The molecule has 1 N–H and O–H groups in total. The van der Waals surface area contributed by atoms with E-state index in [2.05, 4.69) is 0 Å². The Morgan fingerprint density at radius 1 is 1.44 bits per heavy atom. The summed E-state index contributed by atoms with van der Waals surface area (Å²) in [4.78, 5) is 24.8. The molecular weight excluding hydrogens is 348 g/mol. The van der Waals surface area contributed by atoms with Crippen molar-refractivity contribution >= 4 is 27.6 Å². The SMILES string of the molecule is CC(CC1CN(c2ccc(CC#N)cc2)C(=O)O1)(C(=O)O)S(C)(=O)=O. The average molecular weight is 366 g/mol. The molecule has 25 heavy (non-hydrogen) atoms. The second-order valence-corrected chi connectivity index (χ2v) is 8.58. The van der Waals surface area contributed by atoms with Crippen molar-refractivity contribution in [1.82, 2.24) is 0 Å². The summed E-state index contributed by atoms with van der Waals surface area (Å²) in [5.74, 6) is -1.48. The maximum absolute atomic E-state index is 12.1. The van der Waals surface area contributed by atoms with Crippen molar-refractivity contribution in [3.05, 3.63) is 29.8 Å². The van der Waals surface area contributed by atoms with E-state index in [0.717, 1.165) is 18.7 Å². The predicted octanol–water partition coefficient (Wildman–Crippen LogP) is 1.36. The molecule has 1 heterocycles. The van der Waals surface area contributed by atoms with Crippen LogP contribution in [-0.4, -0.2) is 49.2 Å². The van der Waals surface area contributed by atoms with Crippen LogP contribution >= 0.6 is 0 Å². The molecule has 2 atom stereocenters. The lowest BCUT2D eigenvalue weighted by molar-refractivity contribution is -0.140. The lowest BCUT2D eigenvalue weighted by Gasteiger charge is -2.24. The maximum Gasteiger partial charge on any atom is 0.414 e. The number of carboxylic acid groups (broad SMARTS) is 1. The molecule has 2 rings (SSSR count). The summed E-state index contributed by atoms with van der Waals surface area (Å²) in [7, 11) is -3.90. The second kappa shape index (κ2) is 6.72. The average Bonchev–Trinajstić information content (AvgIpc) is 2.87. The van der Waals surface area contributed by atoms with Crippen LogP contribution in [0.3, 0.4) is 0 Å². The van der Waals surface area contributed by atoms with Gasteiger partial charge in [-0.2, -0.15) is 5.26 Å². The summed E-state index contributed by atoms with van der Waals surface area (Å²) >= 11 is 0. The largest absolute Gasteiger partial charge is 0.480 e. The fraction of sp³-hybridized carbons (Fsp3) is 0.438. The van der Waals surface area contributed by atoms with Crippen molar-refractivity contribution in [2.24, 2.45) is 0 Å². The minimum atomic E-state index is -3.90. The highest BCUT2D eigenvalue weighted by Gasteiger charge is 2.48. The van der Waals surface area contributed by atoms with Crippen molar-refractivity contribution in [3.63, 3.8) is 0 Å². The number of aliphatic carboxylic acids is 1. The number of nitrogens with zero attached hydrogens (tertiary/aromatic N) is 2. The second-order valence-electron chi connectivity index (χ2n) is 6.13. The van der Waals surface area contributed by atoms with Crippen LogP contribution in [0, 0.1) is 11.3 Å². The molecule has 1 aliphatic rings. The van der Waals surface area contributed by atoms with Crippen LogP contribution in [0.5, 0.6) is 0 Å². The molecule has 0 bridgehead atoms. The Bertz CT molecular complexity index is 827.